The van der Waals surface area contributed by atoms with Crippen LogP contribution < -0.4 is 9.80 Å². The molecule has 1 N–H and O–H groups in total. The van der Waals surface area contributed by atoms with E-state index in [2.05, 4.69) is 45.2 Å². The van der Waals surface area contributed by atoms with Crippen molar-refractivity contribution in [2.45, 2.75) is 25.7 Å². The number of imide groups is 2. The predicted molar refractivity (Wildman–Crippen MR) is 174 cm³/mol. The number of hydrogen-bond donors (Lipinski definition) is 1. The molecule has 3 fully saturated rings. The van der Waals surface area contributed by atoms with Gasteiger partial charge >= 0.3 is 0 Å². The third-order valence-electron chi connectivity index (χ3n) is 9.42. The van der Waals surface area contributed by atoms with E-state index in [9.17, 15) is 24.3 Å². The highest BCUT2D eigenvalue weighted by atomic mass is 127. The van der Waals surface area contributed by atoms with Crippen LogP contribution in [0.4, 0.5) is 11.4 Å². The molecule has 0 aromatic heterocycles. The fourth-order valence-electron chi connectivity index (χ4n) is 7.56. The Hall–Kier alpha value is -3.06. The van der Waals surface area contributed by atoms with Crippen LogP contribution in [-0.4, -0.2) is 28.7 Å². The summed E-state index contributed by atoms with van der Waals surface area (Å²) in [5.74, 6) is -4.57. The number of benzene rings is 3. The molecule has 1 saturated carbocycles. The molecular weight excluding hydrogens is 758 g/mol. The summed E-state index contributed by atoms with van der Waals surface area (Å²) in [6.07, 6.45) is 2.67. The molecule has 9 heteroatoms. The molecule has 6 atom stereocenters. The normalized spacial score (nSPS) is 28.5. The third-order valence-corrected chi connectivity index (χ3v) is 10.9. The number of aromatic hydroxyl groups is 1. The second-order valence-electron chi connectivity index (χ2n) is 11.5. The highest BCUT2D eigenvalue weighted by Gasteiger charge is 2.62. The lowest BCUT2D eigenvalue weighted by atomic mass is 9.57. The van der Waals surface area contributed by atoms with Gasteiger partial charge in [0.15, 0.2) is 0 Å². The Bertz CT molecular complexity index is 1700. The Kier molecular flexibility index (Phi) is 6.80. The van der Waals surface area contributed by atoms with Crippen molar-refractivity contribution in [3.8, 4) is 5.75 Å². The molecule has 2 aliphatic carbocycles. The lowest BCUT2D eigenvalue weighted by Crippen LogP contribution is -2.43. The van der Waals surface area contributed by atoms with Crippen LogP contribution in [-0.2, 0) is 19.2 Å². The van der Waals surface area contributed by atoms with Crippen molar-refractivity contribution < 1.29 is 24.3 Å². The maximum Gasteiger partial charge on any atom is 0.238 e. The minimum Gasteiger partial charge on any atom is -0.507 e. The van der Waals surface area contributed by atoms with E-state index < -0.39 is 35.5 Å². The van der Waals surface area contributed by atoms with Crippen LogP contribution in [0.1, 0.15) is 29.9 Å². The average molecular weight is 784 g/mol. The van der Waals surface area contributed by atoms with Crippen LogP contribution in [0.3, 0.4) is 0 Å². The maximum absolute atomic E-state index is 14.2. The molecule has 0 bridgehead atoms. The van der Waals surface area contributed by atoms with Crippen molar-refractivity contribution in [2.75, 3.05) is 9.80 Å². The van der Waals surface area contributed by atoms with Gasteiger partial charge in [0, 0.05) is 18.6 Å². The van der Waals surface area contributed by atoms with Crippen molar-refractivity contribution >= 4 is 80.2 Å². The number of hydrogen-bond acceptors (Lipinski definition) is 5. The summed E-state index contributed by atoms with van der Waals surface area (Å²) < 4.78 is 1.98. The van der Waals surface area contributed by atoms with E-state index >= 15 is 0 Å². The fourth-order valence-corrected chi connectivity index (χ4v) is 8.28. The zero-order valence-electron chi connectivity index (χ0n) is 22.5. The monoisotopic (exact) mass is 784 g/mol. The molecule has 2 heterocycles. The topological polar surface area (TPSA) is 95.0 Å². The van der Waals surface area contributed by atoms with Gasteiger partial charge in [0.25, 0.3) is 0 Å². The van der Waals surface area contributed by atoms with E-state index in [1.54, 1.807) is 37.3 Å². The number of allylic oxidation sites excluding steroid dienone is 2. The Balaban J connectivity index is 1.35. The molecule has 0 radical (unpaired) electrons. The van der Waals surface area contributed by atoms with E-state index in [1.165, 1.54) is 9.80 Å². The van der Waals surface area contributed by atoms with E-state index in [0.29, 0.717) is 35.3 Å². The van der Waals surface area contributed by atoms with Gasteiger partial charge in [-0.3, -0.25) is 29.0 Å². The van der Waals surface area contributed by atoms with Gasteiger partial charge in [0.05, 0.1) is 35.0 Å². The highest BCUT2D eigenvalue weighted by Crippen LogP contribution is 2.59. The van der Waals surface area contributed by atoms with Crippen LogP contribution >= 0.6 is 45.2 Å². The van der Waals surface area contributed by atoms with E-state index in [-0.39, 0.29) is 29.4 Å². The number of anilines is 2. The van der Waals surface area contributed by atoms with Crippen molar-refractivity contribution in [1.82, 2.24) is 0 Å². The standard InChI is InChI=1S/C33H26I2N2O5/c1-16-3-2-4-22(29(16)38)26-21-13-14-23-27(32(41)36(30(23)39)19-9-5-17(34)6-10-19)24(21)15-25-28(26)33(42)37(31(25)40)20-11-7-18(35)8-12-20/h2-13,23-28,38H,14-15H2,1H3. The Morgan fingerprint density at radius 1 is 0.690 bits per heavy atom. The number of amides is 4. The summed E-state index contributed by atoms with van der Waals surface area (Å²) in [4.78, 5) is 58.5. The zero-order valence-corrected chi connectivity index (χ0v) is 26.9. The number of phenols is 1. The summed E-state index contributed by atoms with van der Waals surface area (Å²) in [5.41, 5.74) is 3.17. The lowest BCUT2D eigenvalue weighted by molar-refractivity contribution is -0.126. The quantitative estimate of drug-likeness (QED) is 0.201. The van der Waals surface area contributed by atoms with Crippen LogP contribution in [0, 0.1) is 43.7 Å². The summed E-state index contributed by atoms with van der Waals surface area (Å²) >= 11 is 4.36. The Morgan fingerprint density at radius 2 is 1.24 bits per heavy atom. The number of fused-ring (bicyclic) bond motifs is 4. The average Bonchev–Trinajstić information content (AvgIpc) is 3.38. The molecule has 3 aromatic carbocycles. The van der Waals surface area contributed by atoms with Crippen LogP contribution in [0.5, 0.6) is 5.75 Å². The van der Waals surface area contributed by atoms with Gasteiger partial charge in [-0.15, -0.1) is 0 Å². The summed E-state index contributed by atoms with van der Waals surface area (Å²) in [7, 11) is 0. The van der Waals surface area contributed by atoms with Gasteiger partial charge in [-0.25, -0.2) is 0 Å². The van der Waals surface area contributed by atoms with Crippen molar-refractivity contribution in [3.63, 3.8) is 0 Å². The highest BCUT2D eigenvalue weighted by molar-refractivity contribution is 14.1. The minimum atomic E-state index is -0.719. The first kappa shape index (κ1) is 27.8. The van der Waals surface area contributed by atoms with Crippen molar-refractivity contribution in [1.29, 1.82) is 0 Å². The number of para-hydroxylation sites is 1. The molecule has 6 unspecified atom stereocenters. The van der Waals surface area contributed by atoms with Crippen molar-refractivity contribution in [3.05, 3.63) is 96.6 Å². The SMILES string of the molecule is Cc1cccc(C2C3=CCC4C(=O)N(c5ccc(I)cc5)C(=O)C4C3CC3C(=O)N(c4ccc(I)cc4)C(=O)C32)c1O. The number of nitrogens with zero attached hydrogens (tertiary/aromatic N) is 2. The van der Waals surface area contributed by atoms with Gasteiger partial charge in [0.1, 0.15) is 5.75 Å². The van der Waals surface area contributed by atoms with Gasteiger partial charge in [0.2, 0.25) is 23.6 Å². The lowest BCUT2D eigenvalue weighted by Gasteiger charge is -2.44. The number of halogens is 2. The number of carbonyl (C=O) groups is 4. The Labute approximate surface area is 270 Å². The molecule has 2 aliphatic heterocycles. The smallest absolute Gasteiger partial charge is 0.238 e. The summed E-state index contributed by atoms with van der Waals surface area (Å²) in [5, 5.41) is 11.3. The van der Waals surface area contributed by atoms with E-state index in [4.69, 9.17) is 0 Å². The molecule has 0 spiro atoms. The number of rotatable bonds is 3. The molecule has 42 heavy (non-hydrogen) atoms. The largest absolute Gasteiger partial charge is 0.507 e. The zero-order chi connectivity index (χ0) is 29.4. The second-order valence-corrected chi connectivity index (χ2v) is 14.0. The predicted octanol–water partition coefficient (Wildman–Crippen LogP) is 5.96. The van der Waals surface area contributed by atoms with Crippen molar-refractivity contribution in [2.24, 2.45) is 29.6 Å². The molecule has 212 valence electrons. The molecule has 7 rings (SSSR count). The first-order valence-corrected chi connectivity index (χ1v) is 16.1. The second kappa shape index (κ2) is 10.3. The van der Waals surface area contributed by atoms with Gasteiger partial charge in [-0.2, -0.15) is 0 Å². The molecular formula is C33H26I2N2O5. The molecule has 4 amide bonds. The van der Waals surface area contributed by atoms with Crippen LogP contribution in [0.25, 0.3) is 0 Å². The van der Waals surface area contributed by atoms with Crippen LogP contribution in [0.15, 0.2) is 78.4 Å². The molecule has 4 aliphatic rings. The first-order chi connectivity index (χ1) is 20.2. The van der Waals surface area contributed by atoms with E-state index in [1.807, 2.05) is 42.5 Å². The van der Waals surface area contributed by atoms with E-state index in [0.717, 1.165) is 12.7 Å². The van der Waals surface area contributed by atoms with Crippen LogP contribution in [0.2, 0.25) is 0 Å². The number of aryl methyl sites for hydroxylation is 1. The molecule has 7 nitrogen and oxygen atoms in total. The maximum atomic E-state index is 14.2. The minimum absolute atomic E-state index is 0.0900. The molecule has 2 saturated heterocycles. The third kappa shape index (κ3) is 4.10. The van der Waals surface area contributed by atoms with Gasteiger partial charge < -0.3 is 5.11 Å². The van der Waals surface area contributed by atoms with Gasteiger partial charge in [-0.05, 0) is 125 Å². The fraction of sp³-hybridized carbons (Fsp3) is 0.273. The summed E-state index contributed by atoms with van der Waals surface area (Å²) in [6, 6.07) is 20.0. The Morgan fingerprint density at radius 3 is 1.83 bits per heavy atom. The molecule has 3 aromatic rings. The van der Waals surface area contributed by atoms with Gasteiger partial charge in [-0.1, -0.05) is 29.8 Å². The number of carbonyl (C=O) groups excluding carboxylic acids is 4. The number of phenolic OH excluding ortho intramolecular Hbond substituents is 1. The first-order valence-electron chi connectivity index (χ1n) is 13.9. The summed E-state index contributed by atoms with van der Waals surface area (Å²) in [6.45, 7) is 1.81.